The maximum absolute atomic E-state index is 13.2. The summed E-state index contributed by atoms with van der Waals surface area (Å²) in [6, 6.07) is 7.73. The number of hydrogen-bond donors (Lipinski definition) is 1. The van der Waals surface area contributed by atoms with Crippen LogP contribution in [0.5, 0.6) is 0 Å². The predicted octanol–water partition coefficient (Wildman–Crippen LogP) is 3.67. The van der Waals surface area contributed by atoms with Crippen molar-refractivity contribution in [2.45, 2.75) is 65.1 Å². The molecule has 0 aliphatic carbocycles. The van der Waals surface area contributed by atoms with Crippen molar-refractivity contribution in [3.05, 3.63) is 63.8 Å². The standard InChI is InChI=1S/C32H43N7O4/c1-6-23-18-27-28(35-29(23)40)17-22(19-33-27)21-37-13-15-38(16-14-37)25-7-8-26(34-20-25)30(41)36(5)24-9-11-39(12-10-24)31(42)43-32(2,3)4/h7-8,17-20,24H,6,9-16,21H2,1-5H3,(H,35,40). The zero-order valence-electron chi connectivity index (χ0n) is 25.9. The monoisotopic (exact) mass is 589 g/mol. The molecule has 0 atom stereocenters. The summed E-state index contributed by atoms with van der Waals surface area (Å²) in [5.41, 5.74) is 4.27. The van der Waals surface area contributed by atoms with Crippen LogP contribution < -0.4 is 10.5 Å². The fourth-order valence-corrected chi connectivity index (χ4v) is 5.75. The van der Waals surface area contributed by atoms with Crippen molar-refractivity contribution < 1.29 is 14.3 Å². The van der Waals surface area contributed by atoms with Gasteiger partial charge in [-0.15, -0.1) is 0 Å². The van der Waals surface area contributed by atoms with Crippen molar-refractivity contribution in [2.24, 2.45) is 0 Å². The Labute approximate surface area is 252 Å². The molecule has 0 aromatic carbocycles. The lowest BCUT2D eigenvalue weighted by molar-refractivity contribution is 0.0159. The van der Waals surface area contributed by atoms with Crippen LogP contribution >= 0.6 is 0 Å². The van der Waals surface area contributed by atoms with Gasteiger partial charge in [0.25, 0.3) is 11.5 Å². The molecule has 1 N–H and O–H groups in total. The largest absolute Gasteiger partial charge is 0.444 e. The summed E-state index contributed by atoms with van der Waals surface area (Å²) in [4.78, 5) is 58.0. The maximum Gasteiger partial charge on any atom is 0.410 e. The first-order chi connectivity index (χ1) is 20.5. The quantitative estimate of drug-likeness (QED) is 0.463. The SMILES string of the molecule is CCc1cc2ncc(CN3CCN(c4ccc(C(=O)N(C)C5CCN(C(=O)OC(C)(C)C)CC5)nc4)CC3)cc2[nH]c1=O. The molecule has 11 heteroatoms. The summed E-state index contributed by atoms with van der Waals surface area (Å²) in [5.74, 6) is -0.108. The number of rotatable bonds is 6. The van der Waals surface area contributed by atoms with Gasteiger partial charge in [-0.2, -0.15) is 0 Å². The molecule has 2 aliphatic heterocycles. The fourth-order valence-electron chi connectivity index (χ4n) is 5.75. The minimum atomic E-state index is -0.524. The smallest absolute Gasteiger partial charge is 0.410 e. The van der Waals surface area contributed by atoms with Crippen LogP contribution in [0.1, 0.15) is 62.2 Å². The van der Waals surface area contributed by atoms with Gasteiger partial charge in [0.1, 0.15) is 11.3 Å². The van der Waals surface area contributed by atoms with Gasteiger partial charge in [-0.05, 0) is 69.9 Å². The highest BCUT2D eigenvalue weighted by atomic mass is 16.6. The Bertz CT molecular complexity index is 1500. The van der Waals surface area contributed by atoms with Gasteiger partial charge in [0.2, 0.25) is 0 Å². The van der Waals surface area contributed by atoms with E-state index in [4.69, 9.17) is 4.74 Å². The normalized spacial score (nSPS) is 16.9. The maximum atomic E-state index is 13.2. The average Bonchev–Trinajstić information content (AvgIpc) is 2.99. The van der Waals surface area contributed by atoms with Gasteiger partial charge in [0.05, 0.1) is 22.9 Å². The first-order valence-corrected chi connectivity index (χ1v) is 15.2. The number of fused-ring (bicyclic) bond motifs is 1. The van der Waals surface area contributed by atoms with E-state index in [1.165, 1.54) is 0 Å². The number of piperidine rings is 1. The molecule has 3 aromatic rings. The lowest BCUT2D eigenvalue weighted by Crippen LogP contribution is -2.48. The molecule has 0 spiro atoms. The number of hydrogen-bond acceptors (Lipinski definition) is 8. The number of likely N-dealkylation sites (tertiary alicyclic amines) is 1. The Morgan fingerprint density at radius 3 is 2.37 bits per heavy atom. The number of piperazine rings is 1. The van der Waals surface area contributed by atoms with E-state index >= 15 is 0 Å². The van der Waals surface area contributed by atoms with Crippen LogP contribution in [0.25, 0.3) is 11.0 Å². The molecule has 3 aromatic heterocycles. The van der Waals surface area contributed by atoms with E-state index in [2.05, 4.69) is 24.8 Å². The van der Waals surface area contributed by atoms with Crippen molar-refractivity contribution in [1.29, 1.82) is 0 Å². The van der Waals surface area contributed by atoms with E-state index in [9.17, 15) is 14.4 Å². The molecule has 2 aliphatic rings. The van der Waals surface area contributed by atoms with Crippen molar-refractivity contribution >= 4 is 28.7 Å². The first kappa shape index (κ1) is 30.5. The van der Waals surface area contributed by atoms with Gasteiger partial charge < -0.3 is 24.4 Å². The summed E-state index contributed by atoms with van der Waals surface area (Å²) in [5, 5.41) is 0. The van der Waals surface area contributed by atoms with Crippen molar-refractivity contribution in [3.63, 3.8) is 0 Å². The molecule has 0 radical (unpaired) electrons. The summed E-state index contributed by atoms with van der Waals surface area (Å²) in [7, 11) is 1.82. The van der Waals surface area contributed by atoms with E-state index in [-0.39, 0.29) is 23.6 Å². The third kappa shape index (κ3) is 7.33. The number of aromatic amines is 1. The van der Waals surface area contributed by atoms with E-state index < -0.39 is 5.60 Å². The van der Waals surface area contributed by atoms with Crippen LogP contribution in [0.3, 0.4) is 0 Å². The van der Waals surface area contributed by atoms with E-state index in [0.29, 0.717) is 38.0 Å². The highest BCUT2D eigenvalue weighted by Gasteiger charge is 2.30. The molecule has 5 heterocycles. The Morgan fingerprint density at radius 2 is 1.74 bits per heavy atom. The lowest BCUT2D eigenvalue weighted by Gasteiger charge is -2.37. The third-order valence-electron chi connectivity index (χ3n) is 8.30. The summed E-state index contributed by atoms with van der Waals surface area (Å²) >= 11 is 0. The van der Waals surface area contributed by atoms with Crippen molar-refractivity contribution in [1.82, 2.24) is 29.7 Å². The number of ether oxygens (including phenoxy) is 1. The van der Waals surface area contributed by atoms with E-state index in [1.54, 1.807) is 16.0 Å². The van der Waals surface area contributed by atoms with Gasteiger partial charge in [-0.25, -0.2) is 9.78 Å². The van der Waals surface area contributed by atoms with Crippen molar-refractivity contribution in [3.8, 4) is 0 Å². The zero-order valence-corrected chi connectivity index (χ0v) is 25.9. The topological polar surface area (TPSA) is 115 Å². The molecule has 11 nitrogen and oxygen atoms in total. The van der Waals surface area contributed by atoms with Gasteiger partial charge in [-0.3, -0.25) is 19.5 Å². The third-order valence-corrected chi connectivity index (χ3v) is 8.30. The second-order valence-corrected chi connectivity index (χ2v) is 12.5. The molecule has 2 amide bonds. The first-order valence-electron chi connectivity index (χ1n) is 15.2. The van der Waals surface area contributed by atoms with Gasteiger partial charge in [0.15, 0.2) is 0 Å². The zero-order chi connectivity index (χ0) is 30.7. The summed E-state index contributed by atoms with van der Waals surface area (Å²) in [6.45, 7) is 12.9. The number of aromatic nitrogens is 3. The fraction of sp³-hybridized carbons (Fsp3) is 0.531. The molecule has 0 bridgehead atoms. The second kappa shape index (κ2) is 12.7. The molecule has 5 rings (SSSR count). The Kier molecular flexibility index (Phi) is 9.00. The number of nitrogens with zero attached hydrogens (tertiary/aromatic N) is 6. The van der Waals surface area contributed by atoms with Crippen LogP contribution in [0.4, 0.5) is 10.5 Å². The molecule has 0 unspecified atom stereocenters. The molecule has 2 fully saturated rings. The van der Waals surface area contributed by atoms with Crippen LogP contribution in [-0.4, -0.2) is 99.6 Å². The van der Waals surface area contributed by atoms with E-state index in [1.807, 2.05) is 65.2 Å². The number of carbonyl (C=O) groups is 2. The molecular weight excluding hydrogens is 546 g/mol. The molecule has 0 saturated carbocycles. The van der Waals surface area contributed by atoms with Crippen LogP contribution in [-0.2, 0) is 17.7 Å². The lowest BCUT2D eigenvalue weighted by atomic mass is 10.0. The number of H-pyrrole nitrogens is 1. The van der Waals surface area contributed by atoms with Gasteiger partial charge >= 0.3 is 6.09 Å². The molecule has 2 saturated heterocycles. The number of amides is 2. The Balaban J connectivity index is 1.11. The highest BCUT2D eigenvalue weighted by Crippen LogP contribution is 2.22. The van der Waals surface area contributed by atoms with Crippen LogP contribution in [0.15, 0.2) is 41.5 Å². The van der Waals surface area contributed by atoms with Gasteiger partial charge in [0, 0.05) is 70.7 Å². The van der Waals surface area contributed by atoms with Crippen LogP contribution in [0.2, 0.25) is 0 Å². The van der Waals surface area contributed by atoms with Gasteiger partial charge in [-0.1, -0.05) is 6.92 Å². The molecule has 43 heavy (non-hydrogen) atoms. The summed E-state index contributed by atoms with van der Waals surface area (Å²) < 4.78 is 5.48. The molecule has 230 valence electrons. The average molecular weight is 590 g/mol. The number of pyridine rings is 3. The molecular formula is C32H43N7O4. The number of carbonyl (C=O) groups excluding carboxylic acids is 2. The van der Waals surface area contributed by atoms with E-state index in [0.717, 1.165) is 60.6 Å². The number of aryl methyl sites for hydroxylation is 1. The van der Waals surface area contributed by atoms with Crippen molar-refractivity contribution in [2.75, 3.05) is 51.2 Å². The highest BCUT2D eigenvalue weighted by molar-refractivity contribution is 5.92. The Hall–Kier alpha value is -3.99. The number of nitrogens with one attached hydrogen (secondary N) is 1. The minimum absolute atomic E-state index is 0.0452. The summed E-state index contributed by atoms with van der Waals surface area (Å²) in [6.07, 6.45) is 5.48. The Morgan fingerprint density at radius 1 is 1.02 bits per heavy atom. The predicted molar refractivity (Wildman–Crippen MR) is 166 cm³/mol. The van der Waals surface area contributed by atoms with Crippen LogP contribution in [0, 0.1) is 0 Å². The second-order valence-electron chi connectivity index (χ2n) is 12.5. The number of anilines is 1. The minimum Gasteiger partial charge on any atom is -0.444 e.